The maximum absolute atomic E-state index is 5.96. The second-order valence-electron chi connectivity index (χ2n) is 7.55. The second-order valence-corrected chi connectivity index (χ2v) is 9.42. The van der Waals surface area contributed by atoms with Gasteiger partial charge in [-0.25, -0.2) is 9.97 Å². The molecule has 0 N–H and O–H groups in total. The Morgan fingerprint density at radius 3 is 2.85 bits per heavy atom. The van der Waals surface area contributed by atoms with Crippen molar-refractivity contribution in [2.75, 3.05) is 31.2 Å². The molecule has 5 heterocycles. The highest BCUT2D eigenvalue weighted by Gasteiger charge is 2.44. The summed E-state index contributed by atoms with van der Waals surface area (Å²) in [5, 5.41) is 5.50. The summed E-state index contributed by atoms with van der Waals surface area (Å²) in [6, 6.07) is 2.11. The van der Waals surface area contributed by atoms with Crippen LogP contribution in [0, 0.1) is 0 Å². The lowest BCUT2D eigenvalue weighted by molar-refractivity contribution is -0.137. The first-order valence-corrected chi connectivity index (χ1v) is 11.4. The van der Waals surface area contributed by atoms with Crippen molar-refractivity contribution in [1.82, 2.24) is 9.97 Å². The third-order valence-corrected chi connectivity index (χ3v) is 7.75. The van der Waals surface area contributed by atoms with Crippen molar-refractivity contribution in [3.8, 4) is 11.4 Å². The molecule has 0 unspecified atom stereocenters. The van der Waals surface area contributed by atoms with Crippen molar-refractivity contribution in [2.24, 2.45) is 0 Å². The maximum Gasteiger partial charge on any atom is 0.187 e. The van der Waals surface area contributed by atoms with E-state index in [-0.39, 0.29) is 0 Å². The Hall–Kier alpha value is -1.54. The normalized spacial score (nSPS) is 21.4. The number of fused-ring (bicyclic) bond motifs is 3. The molecule has 0 aromatic carbocycles. The van der Waals surface area contributed by atoms with E-state index in [1.54, 1.807) is 11.3 Å². The van der Waals surface area contributed by atoms with Gasteiger partial charge < -0.3 is 14.4 Å². The van der Waals surface area contributed by atoms with Crippen LogP contribution >= 0.6 is 22.7 Å². The molecule has 6 rings (SSSR count). The summed E-state index contributed by atoms with van der Waals surface area (Å²) in [5.41, 5.74) is 2.60. The minimum Gasteiger partial charge on any atom is -0.350 e. The number of aryl methyl sites for hydroxylation is 2. The molecule has 0 amide bonds. The van der Waals surface area contributed by atoms with E-state index in [1.807, 2.05) is 11.3 Å². The quantitative estimate of drug-likeness (QED) is 0.645. The van der Waals surface area contributed by atoms with Crippen molar-refractivity contribution < 1.29 is 9.47 Å². The molecule has 140 valence electrons. The van der Waals surface area contributed by atoms with Crippen LogP contribution in [0.4, 0.5) is 5.82 Å². The summed E-state index contributed by atoms with van der Waals surface area (Å²) in [4.78, 5) is 15.1. The van der Waals surface area contributed by atoms with E-state index < -0.39 is 5.79 Å². The van der Waals surface area contributed by atoms with Crippen LogP contribution in [0.1, 0.15) is 29.7 Å². The molecule has 5 nitrogen and oxygen atoms in total. The highest BCUT2D eigenvalue weighted by Crippen LogP contribution is 2.43. The third-order valence-electron chi connectivity index (χ3n) is 5.88. The van der Waals surface area contributed by atoms with Gasteiger partial charge in [0.2, 0.25) is 0 Å². The van der Waals surface area contributed by atoms with E-state index in [4.69, 9.17) is 19.4 Å². The summed E-state index contributed by atoms with van der Waals surface area (Å²) in [6.45, 7) is 3.06. The minimum atomic E-state index is -0.435. The van der Waals surface area contributed by atoms with E-state index in [0.717, 1.165) is 48.0 Å². The van der Waals surface area contributed by atoms with Crippen molar-refractivity contribution in [1.29, 1.82) is 0 Å². The number of rotatable bonds is 2. The van der Waals surface area contributed by atoms with Gasteiger partial charge in [-0.2, -0.15) is 11.3 Å². The number of nitrogens with zero attached hydrogens (tertiary/aromatic N) is 3. The molecule has 0 atom stereocenters. The van der Waals surface area contributed by atoms with E-state index in [9.17, 15) is 0 Å². The predicted molar refractivity (Wildman–Crippen MR) is 109 cm³/mol. The predicted octanol–water partition coefficient (Wildman–Crippen LogP) is 4.25. The monoisotopic (exact) mass is 399 g/mol. The smallest absolute Gasteiger partial charge is 0.187 e. The first-order chi connectivity index (χ1) is 13.3. The zero-order valence-electron chi connectivity index (χ0n) is 15.1. The highest BCUT2D eigenvalue weighted by molar-refractivity contribution is 7.19. The van der Waals surface area contributed by atoms with Gasteiger partial charge in [-0.1, -0.05) is 0 Å². The Morgan fingerprint density at radius 1 is 1.11 bits per heavy atom. The Morgan fingerprint density at radius 2 is 2.00 bits per heavy atom. The van der Waals surface area contributed by atoms with E-state index >= 15 is 0 Å². The largest absolute Gasteiger partial charge is 0.350 e. The number of anilines is 1. The molecular weight excluding hydrogens is 378 g/mol. The molecule has 3 aromatic rings. The minimum absolute atomic E-state index is 0.435. The lowest BCUT2D eigenvalue weighted by Gasteiger charge is -2.24. The first-order valence-electron chi connectivity index (χ1n) is 9.69. The van der Waals surface area contributed by atoms with Crippen molar-refractivity contribution in [2.45, 2.75) is 37.9 Å². The molecule has 1 aliphatic carbocycles. The van der Waals surface area contributed by atoms with Crippen molar-refractivity contribution in [3.05, 3.63) is 27.3 Å². The van der Waals surface area contributed by atoms with Gasteiger partial charge in [-0.3, -0.25) is 0 Å². The number of thiophene rings is 2. The van der Waals surface area contributed by atoms with Crippen LogP contribution in [0.15, 0.2) is 16.8 Å². The van der Waals surface area contributed by atoms with Gasteiger partial charge in [0.1, 0.15) is 10.6 Å². The van der Waals surface area contributed by atoms with Crippen LogP contribution in [0.2, 0.25) is 0 Å². The average Bonchev–Trinajstić information content (AvgIpc) is 3.49. The fourth-order valence-electron chi connectivity index (χ4n) is 4.56. The highest BCUT2D eigenvalue weighted by atomic mass is 32.1. The molecule has 2 aliphatic heterocycles. The van der Waals surface area contributed by atoms with Gasteiger partial charge >= 0.3 is 0 Å². The molecule has 0 saturated carbocycles. The zero-order chi connectivity index (χ0) is 17.8. The van der Waals surface area contributed by atoms with Gasteiger partial charge in [0.15, 0.2) is 11.6 Å². The van der Waals surface area contributed by atoms with Crippen LogP contribution in [0.5, 0.6) is 0 Å². The van der Waals surface area contributed by atoms with Crippen molar-refractivity contribution in [3.63, 3.8) is 0 Å². The Kier molecular flexibility index (Phi) is 3.79. The molecule has 1 spiro atoms. The van der Waals surface area contributed by atoms with Crippen LogP contribution < -0.4 is 4.90 Å². The summed E-state index contributed by atoms with van der Waals surface area (Å²) in [7, 11) is 0. The number of aromatic nitrogens is 2. The molecule has 3 aromatic heterocycles. The topological polar surface area (TPSA) is 47.5 Å². The molecular formula is C20H21N3O2S2. The molecule has 27 heavy (non-hydrogen) atoms. The van der Waals surface area contributed by atoms with Crippen LogP contribution in [-0.4, -0.2) is 42.1 Å². The van der Waals surface area contributed by atoms with Gasteiger partial charge in [-0.15, -0.1) is 11.3 Å². The third kappa shape index (κ3) is 2.63. The van der Waals surface area contributed by atoms with Gasteiger partial charge in [0, 0.05) is 28.8 Å². The lowest BCUT2D eigenvalue weighted by Crippen LogP contribution is -2.34. The standard InChI is InChI=1S/C20H21N3O2S2/c1-2-4-15-14(3-1)16-18(23-7-6-20(12-23)24-8-9-25-20)21-17(22-19(16)27-15)13-5-10-26-11-13/h5,10-11H,1-4,6-9,12H2. The molecule has 3 aliphatic rings. The van der Waals surface area contributed by atoms with Crippen LogP contribution in [0.3, 0.4) is 0 Å². The van der Waals surface area contributed by atoms with Crippen LogP contribution in [0.25, 0.3) is 21.6 Å². The summed E-state index contributed by atoms with van der Waals surface area (Å²) in [6.07, 6.45) is 5.78. The fraction of sp³-hybridized carbons (Fsp3) is 0.500. The summed E-state index contributed by atoms with van der Waals surface area (Å²) >= 11 is 3.56. The molecule has 7 heteroatoms. The second kappa shape index (κ2) is 6.24. The van der Waals surface area contributed by atoms with Crippen molar-refractivity contribution >= 4 is 38.7 Å². The van der Waals surface area contributed by atoms with E-state index in [1.165, 1.54) is 35.1 Å². The van der Waals surface area contributed by atoms with Gasteiger partial charge in [-0.05, 0) is 42.7 Å². The van der Waals surface area contributed by atoms with Crippen LogP contribution in [-0.2, 0) is 22.3 Å². The number of hydrogen-bond donors (Lipinski definition) is 0. The average molecular weight is 400 g/mol. The SMILES string of the molecule is c1cc(-c2nc(N3CCC4(C3)OCCO4)c3c4c(sc3n2)CCCC4)cs1. The summed E-state index contributed by atoms with van der Waals surface area (Å²) in [5.74, 6) is 1.48. The van der Waals surface area contributed by atoms with Gasteiger partial charge in [0.05, 0.1) is 25.1 Å². The Bertz CT molecular complexity index is 992. The summed E-state index contributed by atoms with van der Waals surface area (Å²) < 4.78 is 11.9. The maximum atomic E-state index is 5.96. The Balaban J connectivity index is 1.52. The van der Waals surface area contributed by atoms with E-state index in [2.05, 4.69) is 21.7 Å². The molecule has 0 bridgehead atoms. The number of ether oxygens (including phenoxy) is 2. The molecule has 0 radical (unpaired) electrons. The lowest BCUT2D eigenvalue weighted by atomic mass is 9.97. The molecule has 2 fully saturated rings. The Labute approximate surface area is 166 Å². The number of hydrogen-bond acceptors (Lipinski definition) is 7. The fourth-order valence-corrected chi connectivity index (χ4v) is 6.45. The first kappa shape index (κ1) is 16.4. The van der Waals surface area contributed by atoms with Gasteiger partial charge in [0.25, 0.3) is 0 Å². The zero-order valence-corrected chi connectivity index (χ0v) is 16.7. The molecule has 2 saturated heterocycles. The van der Waals surface area contributed by atoms with E-state index in [0.29, 0.717) is 13.2 Å².